The number of hydrogen-bond donors (Lipinski definition) is 3. The number of hydrogen-bond acceptors (Lipinski definition) is 3. The van der Waals surface area contributed by atoms with Crippen LogP contribution < -0.4 is 5.73 Å². The van der Waals surface area contributed by atoms with Gasteiger partial charge >= 0.3 is 6.18 Å². The summed E-state index contributed by atoms with van der Waals surface area (Å²) in [4.78, 5) is 0. The normalized spacial score (nSPS) is 18.1. The first kappa shape index (κ1) is 12.0. The molecule has 0 aliphatic heterocycles. The molecule has 0 heterocycles. The minimum Gasteiger partial charge on any atom is -0.504 e. The third-order valence-corrected chi connectivity index (χ3v) is 3.27. The van der Waals surface area contributed by atoms with E-state index in [-0.39, 0.29) is 6.54 Å². The number of phenols is 2. The number of halogens is 3. The van der Waals surface area contributed by atoms with Gasteiger partial charge in [-0.1, -0.05) is 6.07 Å². The van der Waals surface area contributed by atoms with E-state index in [2.05, 4.69) is 0 Å². The van der Waals surface area contributed by atoms with Crippen molar-refractivity contribution in [2.75, 3.05) is 6.54 Å². The van der Waals surface area contributed by atoms with E-state index in [1.807, 2.05) is 0 Å². The van der Waals surface area contributed by atoms with Gasteiger partial charge in [0.1, 0.15) is 5.56 Å². The van der Waals surface area contributed by atoms with Crippen molar-refractivity contribution in [2.45, 2.75) is 24.4 Å². The van der Waals surface area contributed by atoms with E-state index in [4.69, 9.17) is 5.73 Å². The van der Waals surface area contributed by atoms with Gasteiger partial charge in [-0.25, -0.2) is 0 Å². The zero-order chi connectivity index (χ0) is 12.8. The molecule has 3 nitrogen and oxygen atoms in total. The molecule has 17 heavy (non-hydrogen) atoms. The van der Waals surface area contributed by atoms with Crippen LogP contribution in [0, 0.1) is 0 Å². The fraction of sp³-hybridized carbons (Fsp3) is 0.455. The van der Waals surface area contributed by atoms with Crippen LogP contribution in [0.3, 0.4) is 0 Å². The molecule has 0 aromatic heterocycles. The Kier molecular flexibility index (Phi) is 2.50. The van der Waals surface area contributed by atoms with Gasteiger partial charge in [-0.3, -0.25) is 0 Å². The molecule has 94 valence electrons. The lowest BCUT2D eigenvalue weighted by molar-refractivity contribution is -0.138. The summed E-state index contributed by atoms with van der Waals surface area (Å²) in [6.45, 7) is 0.241. The van der Waals surface area contributed by atoms with Gasteiger partial charge in [0.15, 0.2) is 11.5 Å². The van der Waals surface area contributed by atoms with Crippen LogP contribution in [-0.4, -0.2) is 16.8 Å². The molecule has 0 bridgehead atoms. The summed E-state index contributed by atoms with van der Waals surface area (Å²) in [7, 11) is 0. The third-order valence-electron chi connectivity index (χ3n) is 3.27. The number of benzene rings is 1. The number of nitrogens with two attached hydrogens (primary N) is 1. The lowest BCUT2D eigenvalue weighted by Gasteiger charge is -2.18. The molecule has 2 rings (SSSR count). The monoisotopic (exact) mass is 247 g/mol. The third kappa shape index (κ3) is 1.82. The van der Waals surface area contributed by atoms with Crippen molar-refractivity contribution < 1.29 is 23.4 Å². The van der Waals surface area contributed by atoms with Crippen LogP contribution in [0.15, 0.2) is 12.1 Å². The molecular formula is C11H12F3NO2. The fourth-order valence-corrected chi connectivity index (χ4v) is 1.97. The zero-order valence-electron chi connectivity index (χ0n) is 8.88. The Labute approximate surface area is 95.7 Å². The van der Waals surface area contributed by atoms with Gasteiger partial charge in [0, 0.05) is 17.5 Å². The largest absolute Gasteiger partial charge is 0.504 e. The highest BCUT2D eigenvalue weighted by Crippen LogP contribution is 2.53. The van der Waals surface area contributed by atoms with Gasteiger partial charge in [0.25, 0.3) is 0 Å². The van der Waals surface area contributed by atoms with E-state index < -0.39 is 28.7 Å². The van der Waals surface area contributed by atoms with Crippen molar-refractivity contribution in [1.82, 2.24) is 0 Å². The second-order valence-corrected chi connectivity index (χ2v) is 4.34. The Bertz CT molecular complexity index is 453. The molecule has 0 unspecified atom stereocenters. The number of alkyl halides is 3. The SMILES string of the molecule is NCC1(c2ccc(C(F)(F)F)c(O)c2O)CC1. The number of aromatic hydroxyl groups is 2. The van der Waals surface area contributed by atoms with E-state index in [1.165, 1.54) is 6.07 Å². The molecule has 1 aliphatic rings. The first-order valence-electron chi connectivity index (χ1n) is 5.14. The molecule has 0 atom stereocenters. The van der Waals surface area contributed by atoms with E-state index in [1.54, 1.807) is 0 Å². The summed E-state index contributed by atoms with van der Waals surface area (Å²) in [6, 6.07) is 1.97. The molecule has 0 spiro atoms. The van der Waals surface area contributed by atoms with Crippen LogP contribution in [-0.2, 0) is 11.6 Å². The Hall–Kier alpha value is -1.43. The van der Waals surface area contributed by atoms with Crippen molar-refractivity contribution >= 4 is 0 Å². The van der Waals surface area contributed by atoms with Gasteiger partial charge in [-0.05, 0) is 18.9 Å². The molecule has 0 saturated heterocycles. The highest BCUT2D eigenvalue weighted by atomic mass is 19.4. The van der Waals surface area contributed by atoms with Gasteiger partial charge in [-0.15, -0.1) is 0 Å². The second kappa shape index (κ2) is 3.53. The smallest absolute Gasteiger partial charge is 0.420 e. The van der Waals surface area contributed by atoms with E-state index in [0.29, 0.717) is 18.4 Å². The summed E-state index contributed by atoms with van der Waals surface area (Å²) in [6.07, 6.45) is -3.26. The maximum Gasteiger partial charge on any atom is 0.420 e. The maximum absolute atomic E-state index is 12.5. The highest BCUT2D eigenvalue weighted by molar-refractivity contribution is 5.55. The molecule has 6 heteroatoms. The first-order valence-corrected chi connectivity index (χ1v) is 5.14. The molecule has 4 N–H and O–H groups in total. The maximum atomic E-state index is 12.5. The van der Waals surface area contributed by atoms with Crippen molar-refractivity contribution in [3.8, 4) is 11.5 Å². The molecule has 1 fully saturated rings. The predicted molar refractivity (Wildman–Crippen MR) is 54.7 cm³/mol. The van der Waals surface area contributed by atoms with Gasteiger partial charge in [0.05, 0.1) is 0 Å². The molecule has 1 aromatic carbocycles. The minimum absolute atomic E-state index is 0.241. The van der Waals surface area contributed by atoms with Crippen LogP contribution in [0.2, 0.25) is 0 Å². The quantitative estimate of drug-likeness (QED) is 0.701. The molecule has 0 amide bonds. The Morgan fingerprint density at radius 3 is 2.18 bits per heavy atom. The van der Waals surface area contributed by atoms with Crippen LogP contribution in [0.4, 0.5) is 13.2 Å². The summed E-state index contributed by atoms with van der Waals surface area (Å²) >= 11 is 0. The summed E-state index contributed by atoms with van der Waals surface area (Å²) in [5.74, 6) is -1.82. The topological polar surface area (TPSA) is 66.5 Å². The molecular weight excluding hydrogens is 235 g/mol. The Morgan fingerprint density at radius 1 is 1.18 bits per heavy atom. The van der Waals surface area contributed by atoms with Crippen molar-refractivity contribution in [3.63, 3.8) is 0 Å². The molecule has 1 aromatic rings. The van der Waals surface area contributed by atoms with E-state index >= 15 is 0 Å². The summed E-state index contributed by atoms with van der Waals surface area (Å²) < 4.78 is 37.4. The molecule has 1 aliphatic carbocycles. The van der Waals surface area contributed by atoms with Crippen molar-refractivity contribution in [3.05, 3.63) is 23.3 Å². The Morgan fingerprint density at radius 2 is 1.76 bits per heavy atom. The van der Waals surface area contributed by atoms with Gasteiger partial charge < -0.3 is 15.9 Å². The summed E-state index contributed by atoms with van der Waals surface area (Å²) in [5, 5.41) is 19.0. The van der Waals surface area contributed by atoms with Crippen molar-refractivity contribution in [1.29, 1.82) is 0 Å². The number of rotatable bonds is 2. The van der Waals surface area contributed by atoms with Crippen LogP contribution in [0.1, 0.15) is 24.0 Å². The average molecular weight is 247 g/mol. The van der Waals surface area contributed by atoms with Crippen LogP contribution in [0.25, 0.3) is 0 Å². The van der Waals surface area contributed by atoms with Crippen LogP contribution in [0.5, 0.6) is 11.5 Å². The molecule has 0 radical (unpaired) electrons. The summed E-state index contributed by atoms with van der Waals surface area (Å²) in [5.41, 5.74) is 4.13. The molecule has 1 saturated carbocycles. The van der Waals surface area contributed by atoms with Crippen molar-refractivity contribution in [2.24, 2.45) is 5.73 Å². The highest BCUT2D eigenvalue weighted by Gasteiger charge is 2.46. The van der Waals surface area contributed by atoms with Gasteiger partial charge in [0.2, 0.25) is 0 Å². The zero-order valence-corrected chi connectivity index (χ0v) is 8.88. The lowest BCUT2D eigenvalue weighted by Crippen LogP contribution is -2.20. The fourth-order valence-electron chi connectivity index (χ4n) is 1.97. The van der Waals surface area contributed by atoms with Gasteiger partial charge in [-0.2, -0.15) is 13.2 Å². The van der Waals surface area contributed by atoms with E-state index in [0.717, 1.165) is 6.07 Å². The Balaban J connectivity index is 2.51. The minimum atomic E-state index is -4.68. The predicted octanol–water partition coefficient (Wildman–Crippen LogP) is 2.11. The lowest BCUT2D eigenvalue weighted by atomic mass is 9.93. The number of phenolic OH excluding ortho intramolecular Hbond substituents is 2. The van der Waals surface area contributed by atoms with Crippen LogP contribution >= 0.6 is 0 Å². The first-order chi connectivity index (χ1) is 7.82. The second-order valence-electron chi connectivity index (χ2n) is 4.34. The average Bonchev–Trinajstić information content (AvgIpc) is 3.01. The standard InChI is InChI=1S/C11H12F3NO2/c12-11(13,14)7-2-1-6(8(16)9(7)17)10(5-15)3-4-10/h1-2,16-17H,3-5,15H2. The van der Waals surface area contributed by atoms with E-state index in [9.17, 15) is 23.4 Å².